The lowest BCUT2D eigenvalue weighted by Gasteiger charge is -2.39. The molecule has 0 fully saturated rings. The van der Waals surface area contributed by atoms with Crippen LogP contribution in [0.3, 0.4) is 0 Å². The molecule has 0 amide bonds. The van der Waals surface area contributed by atoms with Crippen molar-refractivity contribution in [1.82, 2.24) is 5.32 Å². The third kappa shape index (κ3) is 6.86. The van der Waals surface area contributed by atoms with Crippen molar-refractivity contribution >= 4 is 17.3 Å². The van der Waals surface area contributed by atoms with Crippen molar-refractivity contribution in [3.8, 4) is 22.6 Å². The van der Waals surface area contributed by atoms with E-state index in [9.17, 15) is 14.4 Å². The van der Waals surface area contributed by atoms with Crippen molar-refractivity contribution in [2.75, 3.05) is 25.6 Å². The van der Waals surface area contributed by atoms with Crippen molar-refractivity contribution in [2.45, 2.75) is 18.5 Å². The first-order chi connectivity index (χ1) is 23.9. The maximum Gasteiger partial charge on any atom is 0.326 e. The molecule has 0 aliphatic carbocycles. The number of ether oxygens (including phenoxy) is 3. The van der Waals surface area contributed by atoms with Crippen molar-refractivity contribution in [3.05, 3.63) is 177 Å². The zero-order valence-corrected chi connectivity index (χ0v) is 27.2. The van der Waals surface area contributed by atoms with Gasteiger partial charge in [-0.2, -0.15) is 0 Å². The van der Waals surface area contributed by atoms with Crippen LogP contribution in [-0.2, 0) is 15.1 Å². The summed E-state index contributed by atoms with van der Waals surface area (Å²) in [5.41, 5.74) is 3.38. The molecule has 6 aromatic carbocycles. The molecule has 0 saturated heterocycles. The number of benzene rings is 5. The maximum atomic E-state index is 13.4. The Balaban J connectivity index is 1.24. The third-order valence-corrected chi connectivity index (χ3v) is 8.39. The van der Waals surface area contributed by atoms with E-state index >= 15 is 0 Å². The van der Waals surface area contributed by atoms with Crippen molar-refractivity contribution in [1.29, 1.82) is 0 Å². The van der Waals surface area contributed by atoms with Crippen molar-refractivity contribution in [2.24, 2.45) is 0 Å². The molecule has 0 bridgehead atoms. The number of methoxy groups -OCH3 is 1. The van der Waals surface area contributed by atoms with Gasteiger partial charge in [0, 0.05) is 5.69 Å². The largest absolute Gasteiger partial charge is 0.491 e. The van der Waals surface area contributed by atoms with E-state index in [0.717, 1.165) is 27.8 Å². The number of carbonyl (C=O) groups excluding carboxylic acids is 1. The van der Waals surface area contributed by atoms with Crippen LogP contribution in [0.5, 0.6) is 11.5 Å². The molecule has 2 N–H and O–H groups in total. The molecule has 0 radical (unpaired) electrons. The summed E-state index contributed by atoms with van der Waals surface area (Å²) in [6.45, 7) is 2.05. The van der Waals surface area contributed by atoms with E-state index < -0.39 is 28.4 Å². The molecule has 0 saturated carbocycles. The number of hydrogen-bond donors (Lipinski definition) is 2. The summed E-state index contributed by atoms with van der Waals surface area (Å²) in [6, 6.07) is 44.3. The van der Waals surface area contributed by atoms with Gasteiger partial charge in [0.15, 0.2) is 5.75 Å². The highest BCUT2D eigenvalue weighted by Crippen LogP contribution is 2.37. The second-order valence-electron chi connectivity index (χ2n) is 11.4. The minimum absolute atomic E-state index is 0.00367. The van der Waals surface area contributed by atoms with Crippen LogP contribution in [0.4, 0.5) is 11.4 Å². The second kappa shape index (κ2) is 14.8. The topological polar surface area (TPSA) is 103 Å². The Morgan fingerprint density at radius 2 is 1.24 bits per heavy atom. The highest BCUT2D eigenvalue weighted by Gasteiger charge is 2.40. The van der Waals surface area contributed by atoms with E-state index in [0.29, 0.717) is 18.0 Å². The van der Waals surface area contributed by atoms with Gasteiger partial charge in [-0.05, 0) is 59.0 Å². The monoisotopic (exact) mass is 652 g/mol. The second-order valence-corrected chi connectivity index (χ2v) is 11.4. The van der Waals surface area contributed by atoms with Crippen LogP contribution in [0.25, 0.3) is 11.1 Å². The van der Waals surface area contributed by atoms with Crippen molar-refractivity contribution < 1.29 is 19.0 Å². The quantitative estimate of drug-likeness (QED) is 0.0772. The predicted octanol–water partition coefficient (Wildman–Crippen LogP) is 6.59. The van der Waals surface area contributed by atoms with Gasteiger partial charge in [-0.25, -0.2) is 0 Å². The number of anilines is 2. The fourth-order valence-corrected chi connectivity index (χ4v) is 6.00. The Kier molecular flexibility index (Phi) is 9.97. The number of carbonyl (C=O) groups is 1. The fourth-order valence-electron chi connectivity index (χ4n) is 6.00. The Bertz CT molecular complexity index is 1980. The van der Waals surface area contributed by atoms with Gasteiger partial charge in [-0.3, -0.25) is 19.7 Å². The van der Waals surface area contributed by atoms with Gasteiger partial charge < -0.3 is 19.5 Å². The van der Waals surface area contributed by atoms with E-state index in [1.54, 1.807) is 6.92 Å². The van der Waals surface area contributed by atoms with Crippen LogP contribution in [0.2, 0.25) is 0 Å². The number of esters is 1. The molecule has 0 aliphatic rings. The zero-order chi connectivity index (χ0) is 34.2. The Morgan fingerprint density at radius 1 is 0.673 bits per heavy atom. The Hall–Kier alpha value is -5.99. The van der Waals surface area contributed by atoms with E-state index in [1.807, 2.05) is 140 Å². The molecular formula is C41H36N2O6. The summed E-state index contributed by atoms with van der Waals surface area (Å²) in [6.07, 6.45) is 0. The fraction of sp³-hybridized carbons (Fsp3) is 0.146. The molecule has 1 atom stereocenters. The standard InChI is InChI=1S/C41H36N2O6/c1-3-48-39-36(37(44)38(39)45)42-33-21-13-14-29(26-33)28-22-24-34(25-23-28)49-27-35(40(46)47-2)43-41(30-15-7-4-8-16-30,31-17-9-5-10-18-31)32-19-11-6-12-20-32/h4-26,35,42-43H,3,27H2,1-2H3/t35-/m0/s1. The summed E-state index contributed by atoms with van der Waals surface area (Å²) >= 11 is 0. The molecular weight excluding hydrogens is 616 g/mol. The predicted molar refractivity (Wildman–Crippen MR) is 191 cm³/mol. The third-order valence-electron chi connectivity index (χ3n) is 8.39. The SMILES string of the molecule is CCOc1c(Nc2cccc(-c3ccc(OC[C@H](NC(c4ccccc4)(c4ccccc4)c4ccccc4)C(=O)OC)cc3)c2)c(=O)c1=O. The van der Waals surface area contributed by atoms with Crippen LogP contribution in [0.15, 0.2) is 149 Å². The van der Waals surface area contributed by atoms with Crippen LogP contribution in [-0.4, -0.2) is 32.3 Å². The lowest BCUT2D eigenvalue weighted by molar-refractivity contribution is -0.144. The summed E-state index contributed by atoms with van der Waals surface area (Å²) in [7, 11) is 1.37. The molecule has 6 aromatic rings. The summed E-state index contributed by atoms with van der Waals surface area (Å²) in [4.78, 5) is 37.3. The van der Waals surface area contributed by atoms with Gasteiger partial charge in [0.2, 0.25) is 0 Å². The average molecular weight is 653 g/mol. The minimum Gasteiger partial charge on any atom is -0.491 e. The molecule has 0 spiro atoms. The van der Waals surface area contributed by atoms with Gasteiger partial charge >= 0.3 is 5.97 Å². The van der Waals surface area contributed by atoms with Gasteiger partial charge in [0.1, 0.15) is 24.1 Å². The molecule has 8 heteroatoms. The Labute approximate surface area is 284 Å². The lowest BCUT2D eigenvalue weighted by atomic mass is 9.76. The molecule has 0 unspecified atom stereocenters. The Morgan fingerprint density at radius 3 is 1.78 bits per heavy atom. The van der Waals surface area contributed by atoms with Crippen LogP contribution >= 0.6 is 0 Å². The smallest absolute Gasteiger partial charge is 0.326 e. The zero-order valence-electron chi connectivity index (χ0n) is 27.2. The van der Waals surface area contributed by atoms with E-state index in [2.05, 4.69) is 10.6 Å². The van der Waals surface area contributed by atoms with Gasteiger partial charge in [-0.1, -0.05) is 115 Å². The molecule has 49 heavy (non-hydrogen) atoms. The van der Waals surface area contributed by atoms with Crippen LogP contribution in [0, 0.1) is 0 Å². The lowest BCUT2D eigenvalue weighted by Crippen LogP contribution is -2.55. The molecule has 8 nitrogen and oxygen atoms in total. The normalized spacial score (nSPS) is 11.9. The highest BCUT2D eigenvalue weighted by atomic mass is 16.5. The van der Waals surface area contributed by atoms with Gasteiger partial charge in [-0.15, -0.1) is 0 Å². The summed E-state index contributed by atoms with van der Waals surface area (Å²) < 4.78 is 16.8. The number of hydrogen-bond acceptors (Lipinski definition) is 8. The number of nitrogens with one attached hydrogen (secondary N) is 2. The molecule has 246 valence electrons. The van der Waals surface area contributed by atoms with Crippen LogP contribution in [0.1, 0.15) is 23.6 Å². The first kappa shape index (κ1) is 32.9. The van der Waals surface area contributed by atoms with Gasteiger partial charge in [0.25, 0.3) is 10.9 Å². The average Bonchev–Trinajstić information content (AvgIpc) is 3.17. The van der Waals surface area contributed by atoms with E-state index in [4.69, 9.17) is 14.2 Å². The van der Waals surface area contributed by atoms with Crippen molar-refractivity contribution in [3.63, 3.8) is 0 Å². The first-order valence-corrected chi connectivity index (χ1v) is 16.0. The van der Waals surface area contributed by atoms with E-state index in [-0.39, 0.29) is 18.0 Å². The maximum absolute atomic E-state index is 13.4. The molecule has 0 aliphatic heterocycles. The van der Waals surface area contributed by atoms with Gasteiger partial charge in [0.05, 0.1) is 19.3 Å². The van der Waals surface area contributed by atoms with E-state index in [1.165, 1.54) is 7.11 Å². The first-order valence-electron chi connectivity index (χ1n) is 16.0. The molecule has 0 heterocycles. The summed E-state index contributed by atoms with van der Waals surface area (Å²) in [5.74, 6) is 0.179. The molecule has 0 aromatic heterocycles. The highest BCUT2D eigenvalue weighted by molar-refractivity contribution is 5.77. The van der Waals surface area contributed by atoms with Crippen LogP contribution < -0.4 is 31.0 Å². The number of rotatable bonds is 14. The molecule has 6 rings (SSSR count). The minimum atomic E-state index is -0.897. The summed E-state index contributed by atoms with van der Waals surface area (Å²) in [5, 5.41) is 6.69.